The van der Waals surface area contributed by atoms with E-state index in [0.29, 0.717) is 15.9 Å². The van der Waals surface area contributed by atoms with Crippen molar-refractivity contribution in [3.05, 3.63) is 82.9 Å². The van der Waals surface area contributed by atoms with Gasteiger partial charge in [-0.3, -0.25) is 19.1 Å². The van der Waals surface area contributed by atoms with Crippen LogP contribution in [0.3, 0.4) is 0 Å². The number of nitrogens with zero attached hydrogens (tertiary/aromatic N) is 3. The SMILES string of the molecule is O=C(Cn1cnc2sc(-c3ccccc3)cc2c1=O)Nc1ccc(CN2CCOCC2)cc1. The molecule has 0 spiro atoms. The third-order valence-electron chi connectivity index (χ3n) is 5.64. The van der Waals surface area contributed by atoms with Gasteiger partial charge in [0.25, 0.3) is 5.56 Å². The van der Waals surface area contributed by atoms with Gasteiger partial charge < -0.3 is 10.1 Å². The molecule has 0 aliphatic carbocycles. The zero-order chi connectivity index (χ0) is 22.6. The van der Waals surface area contributed by atoms with E-state index in [4.69, 9.17) is 4.74 Å². The number of ether oxygens (including phenoxy) is 1. The Morgan fingerprint density at radius 3 is 2.58 bits per heavy atom. The van der Waals surface area contributed by atoms with Crippen LogP contribution in [-0.2, 0) is 22.6 Å². The van der Waals surface area contributed by atoms with E-state index < -0.39 is 0 Å². The molecule has 7 nitrogen and oxygen atoms in total. The van der Waals surface area contributed by atoms with E-state index in [1.807, 2.05) is 60.7 Å². The van der Waals surface area contributed by atoms with Crippen molar-refractivity contribution in [1.29, 1.82) is 0 Å². The van der Waals surface area contributed by atoms with Gasteiger partial charge >= 0.3 is 0 Å². The maximum Gasteiger partial charge on any atom is 0.262 e. The second-order valence-corrected chi connectivity index (χ2v) is 9.04. The summed E-state index contributed by atoms with van der Waals surface area (Å²) in [5.41, 5.74) is 2.72. The summed E-state index contributed by atoms with van der Waals surface area (Å²) in [5, 5.41) is 3.40. The lowest BCUT2D eigenvalue weighted by Crippen LogP contribution is -2.35. The van der Waals surface area contributed by atoms with Gasteiger partial charge in [-0.1, -0.05) is 42.5 Å². The van der Waals surface area contributed by atoms with E-state index in [9.17, 15) is 9.59 Å². The second-order valence-electron chi connectivity index (χ2n) is 8.01. The van der Waals surface area contributed by atoms with Gasteiger partial charge in [0.1, 0.15) is 11.4 Å². The number of hydrogen-bond acceptors (Lipinski definition) is 6. The Balaban J connectivity index is 1.25. The number of anilines is 1. The highest BCUT2D eigenvalue weighted by Crippen LogP contribution is 2.30. The van der Waals surface area contributed by atoms with Crippen LogP contribution in [0.2, 0.25) is 0 Å². The Kier molecular flexibility index (Phi) is 6.30. The first-order valence-corrected chi connectivity index (χ1v) is 11.7. The number of amides is 1. The summed E-state index contributed by atoms with van der Waals surface area (Å²) in [6, 6.07) is 19.6. The smallest absolute Gasteiger partial charge is 0.262 e. The van der Waals surface area contributed by atoms with Gasteiger partial charge in [-0.2, -0.15) is 0 Å². The van der Waals surface area contributed by atoms with Gasteiger partial charge in [0.15, 0.2) is 0 Å². The van der Waals surface area contributed by atoms with Crippen LogP contribution in [0.15, 0.2) is 71.8 Å². The largest absolute Gasteiger partial charge is 0.379 e. The Morgan fingerprint density at radius 1 is 1.06 bits per heavy atom. The molecule has 2 aromatic carbocycles. The fourth-order valence-electron chi connectivity index (χ4n) is 3.88. The first-order valence-electron chi connectivity index (χ1n) is 10.9. The van der Waals surface area contributed by atoms with E-state index in [0.717, 1.165) is 43.3 Å². The van der Waals surface area contributed by atoms with Crippen molar-refractivity contribution in [3.8, 4) is 10.4 Å². The maximum atomic E-state index is 12.9. The van der Waals surface area contributed by atoms with Crippen molar-refractivity contribution < 1.29 is 9.53 Å². The normalized spacial score (nSPS) is 14.4. The van der Waals surface area contributed by atoms with Crippen LogP contribution in [0.1, 0.15) is 5.56 Å². The van der Waals surface area contributed by atoms with Gasteiger partial charge in [-0.25, -0.2) is 4.98 Å². The number of nitrogens with one attached hydrogen (secondary N) is 1. The van der Waals surface area contributed by atoms with Crippen molar-refractivity contribution >= 4 is 33.1 Å². The fourth-order valence-corrected chi connectivity index (χ4v) is 4.88. The molecule has 168 valence electrons. The van der Waals surface area contributed by atoms with E-state index in [-0.39, 0.29) is 18.0 Å². The van der Waals surface area contributed by atoms with Crippen LogP contribution >= 0.6 is 11.3 Å². The summed E-state index contributed by atoms with van der Waals surface area (Å²) >= 11 is 1.47. The molecule has 1 saturated heterocycles. The van der Waals surface area contributed by atoms with E-state index in [2.05, 4.69) is 15.2 Å². The van der Waals surface area contributed by atoms with Gasteiger partial charge in [-0.05, 0) is 29.3 Å². The molecule has 1 N–H and O–H groups in total. The van der Waals surface area contributed by atoms with Crippen LogP contribution in [0.4, 0.5) is 5.69 Å². The van der Waals surface area contributed by atoms with Crippen molar-refractivity contribution in [2.45, 2.75) is 13.1 Å². The molecule has 0 unspecified atom stereocenters. The molecule has 0 bridgehead atoms. The molecule has 0 radical (unpaired) electrons. The number of benzene rings is 2. The zero-order valence-corrected chi connectivity index (χ0v) is 18.9. The minimum Gasteiger partial charge on any atom is -0.379 e. The summed E-state index contributed by atoms with van der Waals surface area (Å²) in [5.74, 6) is -0.266. The molecule has 1 fully saturated rings. The Hall–Kier alpha value is -3.33. The summed E-state index contributed by atoms with van der Waals surface area (Å²) in [6.07, 6.45) is 1.45. The first-order chi connectivity index (χ1) is 16.2. The molecule has 0 saturated carbocycles. The molecule has 2 aromatic heterocycles. The molecule has 4 aromatic rings. The number of morpholine rings is 1. The Bertz CT molecular complexity index is 1310. The fraction of sp³-hybridized carbons (Fsp3) is 0.240. The van der Waals surface area contributed by atoms with Crippen LogP contribution in [0, 0.1) is 0 Å². The number of rotatable bonds is 6. The standard InChI is InChI=1S/C25H24N4O3S/c30-23(27-20-8-6-18(7-9-20)15-28-10-12-32-13-11-28)16-29-17-26-24-21(25(29)31)14-22(33-24)19-4-2-1-3-5-19/h1-9,14,17H,10-13,15-16H2,(H,27,30). The first kappa shape index (κ1) is 21.5. The number of hydrogen-bond donors (Lipinski definition) is 1. The number of thiophene rings is 1. The number of fused-ring (bicyclic) bond motifs is 1. The molecule has 0 atom stereocenters. The summed E-state index contributed by atoms with van der Waals surface area (Å²) in [6.45, 7) is 4.18. The molecule has 1 amide bonds. The molecule has 1 aliphatic rings. The molecule has 1 aliphatic heterocycles. The van der Waals surface area contributed by atoms with Crippen molar-refractivity contribution in [2.75, 3.05) is 31.6 Å². The minimum absolute atomic E-state index is 0.0895. The van der Waals surface area contributed by atoms with Gasteiger partial charge in [0.05, 0.1) is 24.9 Å². The third-order valence-corrected chi connectivity index (χ3v) is 6.73. The van der Waals surface area contributed by atoms with E-state index in [1.165, 1.54) is 27.8 Å². The molecule has 3 heterocycles. The van der Waals surface area contributed by atoms with Crippen molar-refractivity contribution in [3.63, 3.8) is 0 Å². The monoisotopic (exact) mass is 460 g/mol. The Labute approximate surface area is 195 Å². The van der Waals surface area contributed by atoms with Crippen LogP contribution in [-0.4, -0.2) is 46.7 Å². The minimum atomic E-state index is -0.266. The van der Waals surface area contributed by atoms with Gasteiger partial charge in [0.2, 0.25) is 5.91 Å². The predicted molar refractivity (Wildman–Crippen MR) is 130 cm³/mol. The molecule has 8 heteroatoms. The van der Waals surface area contributed by atoms with Crippen molar-refractivity contribution in [1.82, 2.24) is 14.5 Å². The quantitative estimate of drug-likeness (QED) is 0.476. The highest BCUT2D eigenvalue weighted by molar-refractivity contribution is 7.21. The average molecular weight is 461 g/mol. The average Bonchev–Trinajstić information content (AvgIpc) is 3.29. The number of carbonyl (C=O) groups excluding carboxylic acids is 1. The lowest BCUT2D eigenvalue weighted by Gasteiger charge is -2.26. The summed E-state index contributed by atoms with van der Waals surface area (Å²) in [4.78, 5) is 33.9. The van der Waals surface area contributed by atoms with E-state index in [1.54, 1.807) is 0 Å². The van der Waals surface area contributed by atoms with E-state index >= 15 is 0 Å². The zero-order valence-electron chi connectivity index (χ0n) is 18.1. The number of aromatic nitrogens is 2. The lowest BCUT2D eigenvalue weighted by atomic mass is 10.2. The van der Waals surface area contributed by atoms with Crippen LogP contribution in [0.25, 0.3) is 20.7 Å². The van der Waals surface area contributed by atoms with Gasteiger partial charge in [-0.15, -0.1) is 11.3 Å². The summed E-state index contributed by atoms with van der Waals surface area (Å²) in [7, 11) is 0. The van der Waals surface area contributed by atoms with Gasteiger partial charge in [0, 0.05) is 30.2 Å². The molecule has 33 heavy (non-hydrogen) atoms. The number of carbonyl (C=O) groups is 1. The highest BCUT2D eigenvalue weighted by atomic mass is 32.1. The Morgan fingerprint density at radius 2 is 1.82 bits per heavy atom. The lowest BCUT2D eigenvalue weighted by molar-refractivity contribution is -0.116. The molecular formula is C25H24N4O3S. The predicted octanol–water partition coefficient (Wildman–Crippen LogP) is 3.60. The highest BCUT2D eigenvalue weighted by Gasteiger charge is 2.13. The molecule has 5 rings (SSSR count). The topological polar surface area (TPSA) is 76.5 Å². The molecular weight excluding hydrogens is 436 g/mol. The van der Waals surface area contributed by atoms with Crippen molar-refractivity contribution in [2.24, 2.45) is 0 Å². The third kappa shape index (κ3) is 5.03. The van der Waals surface area contributed by atoms with Crippen LogP contribution < -0.4 is 10.9 Å². The maximum absolute atomic E-state index is 12.9. The van der Waals surface area contributed by atoms with Crippen LogP contribution in [0.5, 0.6) is 0 Å². The second kappa shape index (κ2) is 9.66. The summed E-state index contributed by atoms with van der Waals surface area (Å²) < 4.78 is 6.74.